The van der Waals surface area contributed by atoms with E-state index in [1.807, 2.05) is 10.7 Å². The maximum atomic E-state index is 13.1. The third kappa shape index (κ3) is 3.56. The maximum absolute atomic E-state index is 13.1. The van der Waals surface area contributed by atoms with Crippen LogP contribution in [0.4, 0.5) is 5.82 Å². The Hall–Kier alpha value is -3.22. The van der Waals surface area contributed by atoms with E-state index in [9.17, 15) is 4.79 Å². The minimum absolute atomic E-state index is 0.228. The summed E-state index contributed by atoms with van der Waals surface area (Å²) in [4.78, 5) is 17.4. The van der Waals surface area contributed by atoms with Crippen molar-refractivity contribution in [2.24, 2.45) is 5.92 Å². The predicted octanol–water partition coefficient (Wildman–Crippen LogP) is 4.66. The van der Waals surface area contributed by atoms with Gasteiger partial charge in [0.05, 0.1) is 17.6 Å². The first-order chi connectivity index (χ1) is 14.7. The number of hydrogen-bond donors (Lipinski definition) is 1. The Morgan fingerprint density at radius 2 is 2.10 bits per heavy atom. The Balaban J connectivity index is 1.48. The molecule has 5 rings (SSSR count). The van der Waals surface area contributed by atoms with Crippen LogP contribution in [0.2, 0.25) is 0 Å². The Labute approximate surface area is 175 Å². The molecule has 1 N–H and O–H groups in total. The zero-order valence-corrected chi connectivity index (χ0v) is 17.2. The highest BCUT2D eigenvalue weighted by molar-refractivity contribution is 6.08. The van der Waals surface area contributed by atoms with Crippen LogP contribution in [0.25, 0.3) is 11.3 Å². The van der Waals surface area contributed by atoms with Gasteiger partial charge >= 0.3 is 0 Å². The van der Waals surface area contributed by atoms with Gasteiger partial charge in [-0.2, -0.15) is 10.2 Å². The van der Waals surface area contributed by atoms with E-state index in [-0.39, 0.29) is 5.91 Å². The molecule has 0 saturated heterocycles. The van der Waals surface area contributed by atoms with Crippen LogP contribution < -0.4 is 5.32 Å². The van der Waals surface area contributed by atoms with Gasteiger partial charge in [-0.1, -0.05) is 38.3 Å². The molecule has 0 bridgehead atoms. The summed E-state index contributed by atoms with van der Waals surface area (Å²) in [5.74, 6) is 1.45. The zero-order chi connectivity index (χ0) is 20.5. The Morgan fingerprint density at radius 3 is 2.90 bits per heavy atom. The van der Waals surface area contributed by atoms with Crippen molar-refractivity contribution in [3.8, 4) is 0 Å². The third-order valence-electron chi connectivity index (χ3n) is 6.06. The molecule has 3 aromatic rings. The van der Waals surface area contributed by atoms with Crippen molar-refractivity contribution in [3.63, 3.8) is 0 Å². The standard InChI is InChI=1S/C23H26N6O/c1-16-8-10-18(11-9-16)29-21(14-20(27-29)17-6-3-2-4-7-17)26-23(30)19-15-25-28-13-5-12-24-22(19)28/h5,8,10-17H,2-4,6-7,9H2,1H3,(H,26,30). The van der Waals surface area contributed by atoms with E-state index in [1.54, 1.807) is 29.2 Å². The van der Waals surface area contributed by atoms with Gasteiger partial charge in [0.1, 0.15) is 11.4 Å². The fourth-order valence-corrected chi connectivity index (χ4v) is 4.33. The quantitative estimate of drug-likeness (QED) is 0.688. The number of nitrogens with one attached hydrogen (secondary N) is 1. The summed E-state index contributed by atoms with van der Waals surface area (Å²) in [5.41, 5.74) is 3.06. The third-order valence-corrected chi connectivity index (χ3v) is 6.06. The molecule has 1 unspecified atom stereocenters. The molecule has 7 nitrogen and oxygen atoms in total. The molecule has 30 heavy (non-hydrogen) atoms. The summed E-state index contributed by atoms with van der Waals surface area (Å²) >= 11 is 0. The molecule has 3 aromatic heterocycles. The number of aromatic nitrogens is 5. The number of amides is 1. The van der Waals surface area contributed by atoms with Crippen molar-refractivity contribution < 1.29 is 4.79 Å². The van der Waals surface area contributed by atoms with Crippen molar-refractivity contribution in [1.82, 2.24) is 24.4 Å². The molecule has 7 heteroatoms. The molecule has 0 radical (unpaired) electrons. The zero-order valence-electron chi connectivity index (χ0n) is 17.2. The summed E-state index contributed by atoms with van der Waals surface area (Å²) in [6, 6.07) is 3.83. The molecule has 1 amide bonds. The average Bonchev–Trinajstić information content (AvgIpc) is 3.39. The van der Waals surface area contributed by atoms with Crippen molar-refractivity contribution in [2.45, 2.75) is 51.4 Å². The van der Waals surface area contributed by atoms with E-state index in [0.717, 1.165) is 30.7 Å². The maximum Gasteiger partial charge on any atom is 0.262 e. The second kappa shape index (κ2) is 7.89. The number of fused-ring (bicyclic) bond motifs is 1. The van der Waals surface area contributed by atoms with E-state index in [0.29, 0.717) is 28.9 Å². The van der Waals surface area contributed by atoms with Crippen molar-refractivity contribution in [3.05, 3.63) is 60.2 Å². The van der Waals surface area contributed by atoms with Gasteiger partial charge < -0.3 is 5.32 Å². The summed E-state index contributed by atoms with van der Waals surface area (Å²) in [6.07, 6.45) is 18.6. The molecule has 2 aliphatic rings. The normalized spacial score (nSPS) is 19.8. The topological polar surface area (TPSA) is 77.1 Å². The van der Waals surface area contributed by atoms with Gasteiger partial charge in [-0.25, -0.2) is 14.2 Å². The molecular formula is C23H26N6O. The van der Waals surface area contributed by atoms with Gasteiger partial charge in [0.25, 0.3) is 5.91 Å². The monoisotopic (exact) mass is 402 g/mol. The molecule has 0 spiro atoms. The van der Waals surface area contributed by atoms with Crippen LogP contribution in [0.3, 0.4) is 0 Å². The number of nitrogens with zero attached hydrogens (tertiary/aromatic N) is 5. The van der Waals surface area contributed by atoms with Crippen LogP contribution in [0.15, 0.2) is 49.0 Å². The average molecular weight is 403 g/mol. The number of carbonyl (C=O) groups is 1. The second-order valence-electron chi connectivity index (χ2n) is 8.30. The molecule has 1 fully saturated rings. The first-order valence-electron chi connectivity index (χ1n) is 10.8. The SMILES string of the molecule is CC1C=CC(n2nc(C3CCCCC3)cc2NC(=O)c2cnn3cccnc23)=CC1. The van der Waals surface area contributed by atoms with Crippen molar-refractivity contribution in [2.75, 3.05) is 5.32 Å². The van der Waals surface area contributed by atoms with Gasteiger partial charge in [-0.15, -0.1) is 0 Å². The summed E-state index contributed by atoms with van der Waals surface area (Å²) < 4.78 is 3.48. The van der Waals surface area contributed by atoms with E-state index in [1.165, 1.54) is 19.3 Å². The van der Waals surface area contributed by atoms with Gasteiger partial charge in [0.2, 0.25) is 0 Å². The summed E-state index contributed by atoms with van der Waals surface area (Å²) in [5, 5.41) is 12.2. The highest BCUT2D eigenvalue weighted by Gasteiger charge is 2.23. The van der Waals surface area contributed by atoms with E-state index in [4.69, 9.17) is 5.10 Å². The van der Waals surface area contributed by atoms with Crippen LogP contribution in [-0.4, -0.2) is 30.3 Å². The molecular weight excluding hydrogens is 376 g/mol. The molecule has 0 aromatic carbocycles. The molecule has 2 aliphatic carbocycles. The lowest BCUT2D eigenvalue weighted by Gasteiger charge is -2.19. The minimum Gasteiger partial charge on any atom is -0.306 e. The lowest BCUT2D eigenvalue weighted by Crippen LogP contribution is -2.16. The lowest BCUT2D eigenvalue weighted by molar-refractivity contribution is 0.102. The van der Waals surface area contributed by atoms with Crippen LogP contribution >= 0.6 is 0 Å². The summed E-state index contributed by atoms with van der Waals surface area (Å²) in [7, 11) is 0. The molecule has 154 valence electrons. The number of hydrogen-bond acceptors (Lipinski definition) is 4. The molecule has 1 atom stereocenters. The lowest BCUT2D eigenvalue weighted by atomic mass is 9.87. The Bertz CT molecular complexity index is 1130. The van der Waals surface area contributed by atoms with Crippen LogP contribution in [-0.2, 0) is 0 Å². The number of allylic oxidation sites excluding steroid dienone is 4. The van der Waals surface area contributed by atoms with Gasteiger partial charge in [-0.05, 0) is 37.3 Å². The number of anilines is 1. The molecule has 0 aliphatic heterocycles. The van der Waals surface area contributed by atoms with E-state index < -0.39 is 0 Å². The smallest absolute Gasteiger partial charge is 0.262 e. The van der Waals surface area contributed by atoms with Crippen LogP contribution in [0, 0.1) is 5.92 Å². The molecule has 3 heterocycles. The van der Waals surface area contributed by atoms with Gasteiger partial charge in [0.15, 0.2) is 5.65 Å². The molecule has 1 saturated carbocycles. The van der Waals surface area contributed by atoms with Gasteiger partial charge in [0, 0.05) is 24.4 Å². The van der Waals surface area contributed by atoms with E-state index >= 15 is 0 Å². The Morgan fingerprint density at radius 1 is 1.23 bits per heavy atom. The van der Waals surface area contributed by atoms with Crippen LogP contribution in [0.1, 0.15) is 67.4 Å². The first kappa shape index (κ1) is 18.8. The predicted molar refractivity (Wildman–Crippen MR) is 116 cm³/mol. The van der Waals surface area contributed by atoms with E-state index in [2.05, 4.69) is 40.6 Å². The van der Waals surface area contributed by atoms with Crippen molar-refractivity contribution in [1.29, 1.82) is 0 Å². The van der Waals surface area contributed by atoms with Crippen molar-refractivity contribution >= 4 is 23.1 Å². The summed E-state index contributed by atoms with van der Waals surface area (Å²) in [6.45, 7) is 2.20. The van der Waals surface area contributed by atoms with Crippen LogP contribution in [0.5, 0.6) is 0 Å². The highest BCUT2D eigenvalue weighted by Crippen LogP contribution is 2.34. The second-order valence-corrected chi connectivity index (χ2v) is 8.30. The Kier molecular flexibility index (Phi) is 4.94. The minimum atomic E-state index is -0.228. The highest BCUT2D eigenvalue weighted by atomic mass is 16.1. The number of rotatable bonds is 4. The van der Waals surface area contributed by atoms with Gasteiger partial charge in [-0.3, -0.25) is 4.79 Å². The number of carbonyl (C=O) groups excluding carboxylic acids is 1. The largest absolute Gasteiger partial charge is 0.306 e. The fourth-order valence-electron chi connectivity index (χ4n) is 4.33. The first-order valence-corrected chi connectivity index (χ1v) is 10.8. The fraction of sp³-hybridized carbons (Fsp3) is 0.391.